The first kappa shape index (κ1) is 10.5. The third-order valence-corrected chi connectivity index (χ3v) is 2.32. The summed E-state index contributed by atoms with van der Waals surface area (Å²) in [5, 5.41) is 10.8. The van der Waals surface area contributed by atoms with E-state index in [2.05, 4.69) is 0 Å². The number of rotatable bonds is 3. The van der Waals surface area contributed by atoms with E-state index in [-0.39, 0.29) is 6.61 Å². The summed E-state index contributed by atoms with van der Waals surface area (Å²) in [5.74, 6) is 0.740. The minimum atomic E-state index is -0.577. The number of nitriles is 1. The van der Waals surface area contributed by atoms with Crippen molar-refractivity contribution in [3.8, 4) is 11.8 Å². The topological polar surface area (TPSA) is 59.0 Å². The Balaban J connectivity index is 2.17. The molecule has 0 aliphatic heterocycles. The van der Waals surface area contributed by atoms with Gasteiger partial charge in [-0.15, -0.1) is 0 Å². The van der Waals surface area contributed by atoms with Gasteiger partial charge in [-0.3, -0.25) is 0 Å². The normalized spacial score (nSPS) is 12.0. The van der Waals surface area contributed by atoms with E-state index in [0.717, 1.165) is 11.1 Å². The van der Waals surface area contributed by atoms with E-state index >= 15 is 0 Å². The fourth-order valence-corrected chi connectivity index (χ4v) is 1.48. The summed E-state index contributed by atoms with van der Waals surface area (Å²) < 4.78 is 5.42. The van der Waals surface area contributed by atoms with Crippen molar-refractivity contribution in [1.29, 1.82) is 5.26 Å². The number of benzene rings is 2. The van der Waals surface area contributed by atoms with Crippen molar-refractivity contribution in [3.05, 3.63) is 42.5 Å². The average molecular weight is 212 g/mol. The van der Waals surface area contributed by atoms with Gasteiger partial charge in [0.1, 0.15) is 18.4 Å². The van der Waals surface area contributed by atoms with Crippen molar-refractivity contribution in [2.75, 3.05) is 6.61 Å². The van der Waals surface area contributed by atoms with Crippen molar-refractivity contribution in [3.63, 3.8) is 0 Å². The molecule has 0 aliphatic carbocycles. The second-order valence-corrected chi connectivity index (χ2v) is 3.56. The predicted octanol–water partition coefficient (Wildman–Crippen LogP) is 2.07. The standard InChI is InChI=1S/C13H12N2O/c14-8-12(15)9-16-13-6-5-10-3-1-2-4-11(10)7-13/h1-7,12H,9,15H2. The van der Waals surface area contributed by atoms with Crippen molar-refractivity contribution in [1.82, 2.24) is 0 Å². The average Bonchev–Trinajstić information content (AvgIpc) is 2.35. The van der Waals surface area contributed by atoms with Crippen LogP contribution in [0.4, 0.5) is 0 Å². The third-order valence-electron chi connectivity index (χ3n) is 2.32. The lowest BCUT2D eigenvalue weighted by Crippen LogP contribution is -2.25. The van der Waals surface area contributed by atoms with Crippen LogP contribution < -0.4 is 10.5 Å². The molecule has 3 heteroatoms. The van der Waals surface area contributed by atoms with Gasteiger partial charge in [0.15, 0.2) is 0 Å². The Morgan fingerprint density at radius 2 is 1.94 bits per heavy atom. The highest BCUT2D eigenvalue weighted by Crippen LogP contribution is 2.20. The first-order valence-corrected chi connectivity index (χ1v) is 5.06. The number of nitrogens with two attached hydrogens (primary N) is 1. The smallest absolute Gasteiger partial charge is 0.127 e. The Kier molecular flexibility index (Phi) is 3.04. The Morgan fingerprint density at radius 1 is 1.19 bits per heavy atom. The SMILES string of the molecule is N#CC(N)COc1ccc2ccccc2c1. The molecule has 2 aromatic carbocycles. The van der Waals surface area contributed by atoms with Crippen LogP contribution in [-0.4, -0.2) is 12.6 Å². The van der Waals surface area contributed by atoms with Gasteiger partial charge in [0.2, 0.25) is 0 Å². The maximum Gasteiger partial charge on any atom is 0.127 e. The van der Waals surface area contributed by atoms with E-state index in [1.807, 2.05) is 48.5 Å². The highest BCUT2D eigenvalue weighted by atomic mass is 16.5. The van der Waals surface area contributed by atoms with Gasteiger partial charge < -0.3 is 10.5 Å². The van der Waals surface area contributed by atoms with Crippen LogP contribution in [0.2, 0.25) is 0 Å². The van der Waals surface area contributed by atoms with Crippen LogP contribution in [0.25, 0.3) is 10.8 Å². The molecule has 0 spiro atoms. The number of hydrogen-bond acceptors (Lipinski definition) is 3. The second-order valence-electron chi connectivity index (χ2n) is 3.56. The summed E-state index contributed by atoms with van der Waals surface area (Å²) >= 11 is 0. The van der Waals surface area contributed by atoms with Gasteiger partial charge in [-0.05, 0) is 22.9 Å². The molecule has 3 nitrogen and oxygen atoms in total. The van der Waals surface area contributed by atoms with Gasteiger partial charge in [0.25, 0.3) is 0 Å². The summed E-state index contributed by atoms with van der Waals surface area (Å²) in [7, 11) is 0. The highest BCUT2D eigenvalue weighted by Gasteiger charge is 2.01. The minimum Gasteiger partial charge on any atom is -0.491 e. The molecule has 0 saturated carbocycles. The van der Waals surface area contributed by atoms with Crippen LogP contribution in [-0.2, 0) is 0 Å². The van der Waals surface area contributed by atoms with E-state index in [1.54, 1.807) is 0 Å². The lowest BCUT2D eigenvalue weighted by molar-refractivity contribution is 0.309. The quantitative estimate of drug-likeness (QED) is 0.847. The number of ether oxygens (including phenoxy) is 1. The molecule has 1 unspecified atom stereocenters. The first-order valence-electron chi connectivity index (χ1n) is 5.06. The number of hydrogen-bond donors (Lipinski definition) is 1. The lowest BCUT2D eigenvalue weighted by atomic mass is 10.1. The van der Waals surface area contributed by atoms with Gasteiger partial charge in [-0.2, -0.15) is 5.26 Å². The molecule has 1 atom stereocenters. The fraction of sp³-hybridized carbons (Fsp3) is 0.154. The van der Waals surface area contributed by atoms with Crippen LogP contribution in [0.5, 0.6) is 5.75 Å². The third kappa shape index (κ3) is 2.30. The second kappa shape index (κ2) is 4.65. The van der Waals surface area contributed by atoms with E-state index in [0.29, 0.717) is 0 Å². The molecule has 2 N–H and O–H groups in total. The Bertz CT molecular complexity index is 531. The molecule has 0 heterocycles. The molecule has 2 rings (SSSR count). The van der Waals surface area contributed by atoms with Gasteiger partial charge in [-0.1, -0.05) is 30.3 Å². The fourth-order valence-electron chi connectivity index (χ4n) is 1.48. The van der Waals surface area contributed by atoms with Crippen LogP contribution in [0.1, 0.15) is 0 Å². The summed E-state index contributed by atoms with van der Waals surface area (Å²) in [6, 6.07) is 15.2. The van der Waals surface area contributed by atoms with Crippen LogP contribution in [0.15, 0.2) is 42.5 Å². The lowest BCUT2D eigenvalue weighted by Gasteiger charge is -2.07. The van der Waals surface area contributed by atoms with Crippen molar-refractivity contribution in [2.24, 2.45) is 5.73 Å². The molecule has 16 heavy (non-hydrogen) atoms. The summed E-state index contributed by atoms with van der Waals surface area (Å²) in [5.41, 5.74) is 5.45. The Morgan fingerprint density at radius 3 is 2.69 bits per heavy atom. The maximum absolute atomic E-state index is 8.53. The molecule has 2 aromatic rings. The van der Waals surface area contributed by atoms with Crippen molar-refractivity contribution < 1.29 is 4.74 Å². The first-order chi connectivity index (χ1) is 7.79. The van der Waals surface area contributed by atoms with Gasteiger partial charge in [0.05, 0.1) is 6.07 Å². The molecule has 0 aliphatic rings. The molecule has 0 radical (unpaired) electrons. The van der Waals surface area contributed by atoms with Crippen LogP contribution in [0, 0.1) is 11.3 Å². The summed E-state index contributed by atoms with van der Waals surface area (Å²) in [4.78, 5) is 0. The minimum absolute atomic E-state index is 0.217. The van der Waals surface area contributed by atoms with Gasteiger partial charge in [-0.25, -0.2) is 0 Å². The Hall–Kier alpha value is -2.05. The van der Waals surface area contributed by atoms with Crippen molar-refractivity contribution >= 4 is 10.8 Å². The van der Waals surface area contributed by atoms with Gasteiger partial charge >= 0.3 is 0 Å². The summed E-state index contributed by atoms with van der Waals surface area (Å²) in [6.45, 7) is 0.217. The van der Waals surface area contributed by atoms with Crippen LogP contribution in [0.3, 0.4) is 0 Å². The zero-order valence-corrected chi connectivity index (χ0v) is 8.76. The summed E-state index contributed by atoms with van der Waals surface area (Å²) in [6.07, 6.45) is 0. The molecular weight excluding hydrogens is 200 g/mol. The molecule has 0 saturated heterocycles. The van der Waals surface area contributed by atoms with E-state index < -0.39 is 6.04 Å². The van der Waals surface area contributed by atoms with Gasteiger partial charge in [0, 0.05) is 0 Å². The largest absolute Gasteiger partial charge is 0.491 e. The molecule has 80 valence electrons. The highest BCUT2D eigenvalue weighted by molar-refractivity contribution is 5.83. The van der Waals surface area contributed by atoms with E-state index in [9.17, 15) is 0 Å². The Labute approximate surface area is 94.1 Å². The predicted molar refractivity (Wildman–Crippen MR) is 63.0 cm³/mol. The molecule has 0 fully saturated rings. The zero-order chi connectivity index (χ0) is 11.4. The number of nitrogens with zero attached hydrogens (tertiary/aromatic N) is 1. The maximum atomic E-state index is 8.53. The van der Waals surface area contributed by atoms with E-state index in [1.165, 1.54) is 5.39 Å². The van der Waals surface area contributed by atoms with Crippen LogP contribution >= 0.6 is 0 Å². The molecule has 0 bridgehead atoms. The van der Waals surface area contributed by atoms with E-state index in [4.69, 9.17) is 15.7 Å². The molecule has 0 aromatic heterocycles. The monoisotopic (exact) mass is 212 g/mol. The number of fused-ring (bicyclic) bond motifs is 1. The molecule has 0 amide bonds. The van der Waals surface area contributed by atoms with Crippen molar-refractivity contribution in [2.45, 2.75) is 6.04 Å². The zero-order valence-electron chi connectivity index (χ0n) is 8.76. The molecular formula is C13H12N2O.